The lowest BCUT2D eigenvalue weighted by molar-refractivity contribution is -0.116. The van der Waals surface area contributed by atoms with Gasteiger partial charge in [-0.1, -0.05) is 18.2 Å². The number of aryl methyl sites for hydroxylation is 2. The van der Waals surface area contributed by atoms with Crippen molar-refractivity contribution in [1.82, 2.24) is 4.57 Å². The molecular weight excluding hydrogens is 326 g/mol. The average Bonchev–Trinajstić information content (AvgIpc) is 3.16. The number of fused-ring (bicyclic) bond motifs is 2. The Bertz CT molecular complexity index is 1000. The van der Waals surface area contributed by atoms with Gasteiger partial charge in [-0.15, -0.1) is 0 Å². The van der Waals surface area contributed by atoms with E-state index in [9.17, 15) is 9.59 Å². The second-order valence-corrected chi connectivity index (χ2v) is 6.82. The third-order valence-electron chi connectivity index (χ3n) is 4.84. The summed E-state index contributed by atoms with van der Waals surface area (Å²) < 4.78 is 2.04. The highest BCUT2D eigenvalue weighted by molar-refractivity contribution is 5.99. The van der Waals surface area contributed by atoms with Gasteiger partial charge in [-0.3, -0.25) is 9.59 Å². The van der Waals surface area contributed by atoms with E-state index in [0.717, 1.165) is 40.7 Å². The molecule has 2 N–H and O–H groups in total. The zero-order chi connectivity index (χ0) is 18.1. The summed E-state index contributed by atoms with van der Waals surface area (Å²) in [5.41, 5.74) is 5.05. The van der Waals surface area contributed by atoms with Crippen molar-refractivity contribution in [3.63, 3.8) is 0 Å². The van der Waals surface area contributed by atoms with Gasteiger partial charge in [-0.25, -0.2) is 0 Å². The van der Waals surface area contributed by atoms with Gasteiger partial charge in [0.25, 0.3) is 0 Å². The molecule has 5 nitrogen and oxygen atoms in total. The zero-order valence-corrected chi connectivity index (χ0v) is 14.7. The lowest BCUT2D eigenvalue weighted by Crippen LogP contribution is -2.11. The van der Waals surface area contributed by atoms with Crippen LogP contribution in [0.2, 0.25) is 0 Å². The largest absolute Gasteiger partial charge is 0.350 e. The van der Waals surface area contributed by atoms with Crippen molar-refractivity contribution in [3.05, 3.63) is 59.8 Å². The summed E-state index contributed by atoms with van der Waals surface area (Å²) >= 11 is 0. The maximum Gasteiger partial charge on any atom is 0.228 e. The van der Waals surface area contributed by atoms with Crippen molar-refractivity contribution < 1.29 is 9.59 Å². The fourth-order valence-electron chi connectivity index (χ4n) is 3.45. The van der Waals surface area contributed by atoms with E-state index in [0.29, 0.717) is 12.8 Å². The maximum absolute atomic E-state index is 12.2. The summed E-state index contributed by atoms with van der Waals surface area (Å²) in [6.45, 7) is 0. The number of nitrogens with one attached hydrogen (secondary N) is 2. The minimum atomic E-state index is 0.0246. The molecule has 2 heterocycles. The minimum Gasteiger partial charge on any atom is -0.350 e. The lowest BCUT2D eigenvalue weighted by atomic mass is 10.0. The monoisotopic (exact) mass is 347 g/mol. The maximum atomic E-state index is 12.2. The molecule has 0 unspecified atom stereocenters. The van der Waals surface area contributed by atoms with Crippen LogP contribution in [0, 0.1) is 0 Å². The molecule has 0 fully saturated rings. The number of nitrogens with zero attached hydrogens (tertiary/aromatic N) is 1. The first-order valence-electron chi connectivity index (χ1n) is 8.85. The average molecular weight is 347 g/mol. The van der Waals surface area contributed by atoms with Gasteiger partial charge in [0.2, 0.25) is 11.8 Å². The number of carbonyl (C=O) groups is 2. The molecule has 5 heteroatoms. The van der Waals surface area contributed by atoms with Gasteiger partial charge in [0.05, 0.1) is 6.42 Å². The van der Waals surface area contributed by atoms with Gasteiger partial charge >= 0.3 is 0 Å². The molecule has 4 rings (SSSR count). The summed E-state index contributed by atoms with van der Waals surface area (Å²) in [5.74, 6) is 0.0725. The van der Waals surface area contributed by atoms with Crippen LogP contribution < -0.4 is 10.6 Å². The summed E-state index contributed by atoms with van der Waals surface area (Å²) in [6.07, 6.45) is 4.53. The molecule has 0 atom stereocenters. The van der Waals surface area contributed by atoms with Gasteiger partial charge in [0.1, 0.15) is 0 Å². The molecule has 0 spiro atoms. The second kappa shape index (κ2) is 6.67. The van der Waals surface area contributed by atoms with E-state index in [1.54, 1.807) is 0 Å². The van der Waals surface area contributed by atoms with Crippen LogP contribution in [0.25, 0.3) is 10.9 Å². The first kappa shape index (κ1) is 16.4. The SMILES string of the molecule is Cn1ccc2ccc(NC(=O)CCCc3ccc4c(c3)CC(=O)N4)cc21. The van der Waals surface area contributed by atoms with E-state index in [4.69, 9.17) is 0 Å². The molecule has 2 aromatic carbocycles. The smallest absolute Gasteiger partial charge is 0.228 e. The molecule has 1 aliphatic heterocycles. The van der Waals surface area contributed by atoms with Gasteiger partial charge < -0.3 is 15.2 Å². The summed E-state index contributed by atoms with van der Waals surface area (Å²) in [4.78, 5) is 23.6. The first-order valence-corrected chi connectivity index (χ1v) is 8.85. The van der Waals surface area contributed by atoms with Crippen LogP contribution >= 0.6 is 0 Å². The Balaban J connectivity index is 1.32. The Labute approximate surface area is 152 Å². The van der Waals surface area contributed by atoms with Gasteiger partial charge in [-0.05, 0) is 53.6 Å². The van der Waals surface area contributed by atoms with Crippen molar-refractivity contribution in [3.8, 4) is 0 Å². The van der Waals surface area contributed by atoms with Gasteiger partial charge in [-0.2, -0.15) is 0 Å². The van der Waals surface area contributed by atoms with Crippen LogP contribution in [0.3, 0.4) is 0 Å². The van der Waals surface area contributed by atoms with Gasteiger partial charge in [0, 0.05) is 36.6 Å². The normalized spacial score (nSPS) is 12.9. The minimum absolute atomic E-state index is 0.0246. The number of rotatable bonds is 5. The Morgan fingerprint density at radius 3 is 2.96 bits per heavy atom. The van der Waals surface area contributed by atoms with Crippen LogP contribution in [-0.2, 0) is 29.5 Å². The summed E-state index contributed by atoms with van der Waals surface area (Å²) in [5, 5.41) is 6.98. The number of hydrogen-bond acceptors (Lipinski definition) is 2. The Morgan fingerprint density at radius 2 is 2.08 bits per heavy atom. The van der Waals surface area contributed by atoms with E-state index in [2.05, 4.69) is 22.8 Å². The van der Waals surface area contributed by atoms with Crippen molar-refractivity contribution in [2.75, 3.05) is 10.6 Å². The Kier molecular flexibility index (Phi) is 4.21. The molecule has 132 valence electrons. The highest BCUT2D eigenvalue weighted by atomic mass is 16.2. The highest BCUT2D eigenvalue weighted by Crippen LogP contribution is 2.24. The first-order chi connectivity index (χ1) is 12.6. The fourth-order valence-corrected chi connectivity index (χ4v) is 3.45. The van der Waals surface area contributed by atoms with E-state index in [1.807, 2.05) is 48.1 Å². The third kappa shape index (κ3) is 3.33. The standard InChI is InChI=1S/C21H21N3O2/c1-24-10-9-15-6-7-17(13-19(15)24)22-20(25)4-2-3-14-5-8-18-16(11-14)12-21(26)23-18/h5-11,13H,2-4,12H2,1H3,(H,22,25)(H,23,26). The van der Waals surface area contributed by atoms with Crippen molar-refractivity contribution in [1.29, 1.82) is 0 Å². The fraction of sp³-hybridized carbons (Fsp3) is 0.238. The van der Waals surface area contributed by atoms with Crippen molar-refractivity contribution in [2.24, 2.45) is 7.05 Å². The molecule has 1 aliphatic rings. The predicted octanol–water partition coefficient (Wildman–Crippen LogP) is 3.63. The molecule has 0 saturated carbocycles. The van der Waals surface area contributed by atoms with Crippen LogP contribution in [0.4, 0.5) is 11.4 Å². The Hall–Kier alpha value is -3.08. The zero-order valence-electron chi connectivity index (χ0n) is 14.7. The molecule has 3 aromatic rings. The quantitative estimate of drug-likeness (QED) is 0.740. The third-order valence-corrected chi connectivity index (χ3v) is 4.84. The summed E-state index contributed by atoms with van der Waals surface area (Å²) in [7, 11) is 1.99. The van der Waals surface area contributed by atoms with E-state index < -0.39 is 0 Å². The topological polar surface area (TPSA) is 63.1 Å². The van der Waals surface area contributed by atoms with Crippen LogP contribution in [0.5, 0.6) is 0 Å². The molecule has 0 radical (unpaired) electrons. The van der Waals surface area contributed by atoms with Crippen LogP contribution in [-0.4, -0.2) is 16.4 Å². The number of carbonyl (C=O) groups excluding carboxylic acids is 2. The van der Waals surface area contributed by atoms with Crippen LogP contribution in [0.1, 0.15) is 24.0 Å². The second-order valence-electron chi connectivity index (χ2n) is 6.82. The Morgan fingerprint density at radius 1 is 1.19 bits per heavy atom. The molecule has 1 aromatic heterocycles. The summed E-state index contributed by atoms with van der Waals surface area (Å²) in [6, 6.07) is 14.0. The molecule has 0 aliphatic carbocycles. The predicted molar refractivity (Wildman–Crippen MR) is 103 cm³/mol. The van der Waals surface area contributed by atoms with Crippen molar-refractivity contribution in [2.45, 2.75) is 25.7 Å². The van der Waals surface area contributed by atoms with Crippen molar-refractivity contribution >= 4 is 34.1 Å². The van der Waals surface area contributed by atoms with E-state index in [1.165, 1.54) is 5.56 Å². The highest BCUT2D eigenvalue weighted by Gasteiger charge is 2.17. The van der Waals surface area contributed by atoms with Crippen LogP contribution in [0.15, 0.2) is 48.7 Å². The molecule has 26 heavy (non-hydrogen) atoms. The van der Waals surface area contributed by atoms with E-state index >= 15 is 0 Å². The van der Waals surface area contributed by atoms with Gasteiger partial charge in [0.15, 0.2) is 0 Å². The van der Waals surface area contributed by atoms with E-state index in [-0.39, 0.29) is 11.8 Å². The molecular formula is C21H21N3O2. The number of amides is 2. The molecule has 0 saturated heterocycles. The lowest BCUT2D eigenvalue weighted by Gasteiger charge is -2.07. The number of hydrogen-bond donors (Lipinski definition) is 2. The molecule has 0 bridgehead atoms. The number of anilines is 2. The number of aromatic nitrogens is 1. The molecule has 2 amide bonds. The number of benzene rings is 2.